The van der Waals surface area contributed by atoms with Crippen LogP contribution in [0.3, 0.4) is 0 Å². The number of nitrogens with zero attached hydrogens (tertiary/aromatic N) is 2. The summed E-state index contributed by atoms with van der Waals surface area (Å²) < 4.78 is 5.17. The van der Waals surface area contributed by atoms with Crippen molar-refractivity contribution >= 4 is 5.97 Å². The first-order chi connectivity index (χ1) is 9.93. The van der Waals surface area contributed by atoms with E-state index < -0.39 is 0 Å². The fourth-order valence-corrected chi connectivity index (χ4v) is 2.73. The zero-order valence-corrected chi connectivity index (χ0v) is 14.4. The number of piperazine rings is 1. The average Bonchev–Trinajstić information content (AvgIpc) is 2.43. The first-order valence-corrected chi connectivity index (χ1v) is 8.33. The molecule has 0 radical (unpaired) electrons. The van der Waals surface area contributed by atoms with E-state index in [1.54, 1.807) is 0 Å². The lowest BCUT2D eigenvalue weighted by atomic mass is 10.1. The van der Waals surface area contributed by atoms with Gasteiger partial charge in [0.2, 0.25) is 0 Å². The lowest BCUT2D eigenvalue weighted by Gasteiger charge is -2.37. The molecule has 0 aromatic carbocycles. The molecule has 1 fully saturated rings. The Hall–Kier alpha value is -0.650. The smallest absolute Gasteiger partial charge is 0.323 e. The van der Waals surface area contributed by atoms with Crippen LogP contribution in [0, 0.1) is 0 Å². The van der Waals surface area contributed by atoms with Gasteiger partial charge >= 0.3 is 5.97 Å². The molecule has 21 heavy (non-hydrogen) atoms. The van der Waals surface area contributed by atoms with Crippen LogP contribution in [-0.2, 0) is 9.53 Å². The van der Waals surface area contributed by atoms with E-state index >= 15 is 0 Å². The highest BCUT2D eigenvalue weighted by molar-refractivity contribution is 5.75. The van der Waals surface area contributed by atoms with E-state index in [0.29, 0.717) is 12.6 Å². The summed E-state index contributed by atoms with van der Waals surface area (Å²) in [6.07, 6.45) is 0.818. The predicted molar refractivity (Wildman–Crippen MR) is 86.5 cm³/mol. The highest BCUT2D eigenvalue weighted by Gasteiger charge is 2.23. The van der Waals surface area contributed by atoms with Crippen LogP contribution in [0.25, 0.3) is 0 Å². The number of carbonyl (C=O) groups is 1. The number of nitrogens with one attached hydrogen (secondary N) is 1. The quantitative estimate of drug-likeness (QED) is 0.685. The zero-order chi connectivity index (χ0) is 15.8. The molecule has 1 rings (SSSR count). The number of hydrogen-bond donors (Lipinski definition) is 1. The summed E-state index contributed by atoms with van der Waals surface area (Å²) in [5.41, 5.74) is 0. The third kappa shape index (κ3) is 6.76. The SMILES string of the molecule is CCOC(=O)C(CCN1CCN(C(C)C)CC1)NC(C)C. The first-order valence-electron chi connectivity index (χ1n) is 8.33. The molecule has 1 unspecified atom stereocenters. The van der Waals surface area contributed by atoms with Crippen molar-refractivity contribution in [3.8, 4) is 0 Å². The Kier molecular flexibility index (Phi) is 8.22. The third-order valence-electron chi connectivity index (χ3n) is 3.98. The van der Waals surface area contributed by atoms with Crippen LogP contribution in [-0.4, -0.2) is 73.2 Å². The fraction of sp³-hybridized carbons (Fsp3) is 0.938. The Labute approximate surface area is 130 Å². The van der Waals surface area contributed by atoms with E-state index in [4.69, 9.17) is 4.74 Å². The van der Waals surface area contributed by atoms with Crippen molar-refractivity contribution in [1.29, 1.82) is 0 Å². The van der Waals surface area contributed by atoms with Crippen molar-refractivity contribution in [1.82, 2.24) is 15.1 Å². The summed E-state index contributed by atoms with van der Waals surface area (Å²) in [5, 5.41) is 3.32. The standard InChI is InChI=1S/C16H33N3O2/c1-6-21-16(20)15(17-13(2)3)7-8-18-9-11-19(12-10-18)14(4)5/h13-15,17H,6-12H2,1-5H3. The molecule has 0 aliphatic carbocycles. The second kappa shape index (κ2) is 9.38. The molecule has 5 nitrogen and oxygen atoms in total. The second-order valence-corrected chi connectivity index (χ2v) is 6.39. The Morgan fingerprint density at radius 1 is 1.14 bits per heavy atom. The van der Waals surface area contributed by atoms with E-state index in [9.17, 15) is 4.79 Å². The number of esters is 1. The van der Waals surface area contributed by atoms with Crippen LogP contribution in [0.15, 0.2) is 0 Å². The normalized spacial score (nSPS) is 19.2. The van der Waals surface area contributed by atoms with Gasteiger partial charge in [0.1, 0.15) is 6.04 Å². The van der Waals surface area contributed by atoms with Crippen molar-refractivity contribution in [2.75, 3.05) is 39.3 Å². The van der Waals surface area contributed by atoms with Gasteiger partial charge in [0.25, 0.3) is 0 Å². The van der Waals surface area contributed by atoms with Gasteiger partial charge in [0, 0.05) is 44.8 Å². The van der Waals surface area contributed by atoms with Gasteiger partial charge in [-0.05, 0) is 27.2 Å². The number of carbonyl (C=O) groups excluding carboxylic acids is 1. The monoisotopic (exact) mass is 299 g/mol. The van der Waals surface area contributed by atoms with E-state index in [0.717, 1.165) is 39.1 Å². The van der Waals surface area contributed by atoms with Crippen molar-refractivity contribution in [2.24, 2.45) is 0 Å². The van der Waals surface area contributed by atoms with Gasteiger partial charge in [0.15, 0.2) is 0 Å². The summed E-state index contributed by atoms with van der Waals surface area (Å²) in [4.78, 5) is 16.9. The molecule has 1 saturated heterocycles. The van der Waals surface area contributed by atoms with E-state index in [1.807, 2.05) is 6.92 Å². The molecular formula is C16H33N3O2. The molecular weight excluding hydrogens is 266 g/mol. The molecule has 124 valence electrons. The largest absolute Gasteiger partial charge is 0.465 e. The molecule has 0 amide bonds. The molecule has 1 N–H and O–H groups in total. The predicted octanol–water partition coefficient (Wildman–Crippen LogP) is 1.33. The van der Waals surface area contributed by atoms with Crippen LogP contribution in [0.5, 0.6) is 0 Å². The molecule has 0 aromatic heterocycles. The van der Waals surface area contributed by atoms with Crippen molar-refractivity contribution < 1.29 is 9.53 Å². The zero-order valence-electron chi connectivity index (χ0n) is 14.4. The minimum atomic E-state index is -0.187. The minimum Gasteiger partial charge on any atom is -0.465 e. The Bertz CT molecular complexity index is 300. The number of ether oxygens (including phenoxy) is 1. The Morgan fingerprint density at radius 3 is 2.24 bits per heavy atom. The van der Waals surface area contributed by atoms with Gasteiger partial charge in [-0.15, -0.1) is 0 Å². The Balaban J connectivity index is 2.37. The van der Waals surface area contributed by atoms with Gasteiger partial charge in [-0.25, -0.2) is 0 Å². The van der Waals surface area contributed by atoms with Gasteiger partial charge in [0.05, 0.1) is 6.61 Å². The maximum Gasteiger partial charge on any atom is 0.323 e. The number of rotatable bonds is 8. The molecule has 0 spiro atoms. The molecule has 1 heterocycles. The summed E-state index contributed by atoms with van der Waals surface area (Å²) in [7, 11) is 0. The summed E-state index contributed by atoms with van der Waals surface area (Å²) in [5.74, 6) is -0.119. The summed E-state index contributed by atoms with van der Waals surface area (Å²) in [6.45, 7) is 16.3. The molecule has 1 aliphatic rings. The maximum absolute atomic E-state index is 12.0. The van der Waals surface area contributed by atoms with Crippen LogP contribution < -0.4 is 5.32 Å². The second-order valence-electron chi connectivity index (χ2n) is 6.39. The lowest BCUT2D eigenvalue weighted by molar-refractivity contribution is -0.146. The summed E-state index contributed by atoms with van der Waals surface area (Å²) >= 11 is 0. The van der Waals surface area contributed by atoms with E-state index in [-0.39, 0.29) is 18.1 Å². The van der Waals surface area contributed by atoms with Gasteiger partial charge < -0.3 is 15.0 Å². The fourth-order valence-electron chi connectivity index (χ4n) is 2.73. The first kappa shape index (κ1) is 18.4. The minimum absolute atomic E-state index is 0.119. The van der Waals surface area contributed by atoms with Crippen molar-refractivity contribution in [3.63, 3.8) is 0 Å². The molecule has 0 aromatic rings. The van der Waals surface area contributed by atoms with Gasteiger partial charge in [-0.1, -0.05) is 13.8 Å². The molecule has 5 heteroatoms. The van der Waals surface area contributed by atoms with Crippen molar-refractivity contribution in [3.05, 3.63) is 0 Å². The van der Waals surface area contributed by atoms with Gasteiger partial charge in [-0.2, -0.15) is 0 Å². The Morgan fingerprint density at radius 2 is 1.76 bits per heavy atom. The van der Waals surface area contributed by atoms with Crippen LogP contribution >= 0.6 is 0 Å². The maximum atomic E-state index is 12.0. The molecule has 1 atom stereocenters. The average molecular weight is 299 g/mol. The number of hydrogen-bond acceptors (Lipinski definition) is 5. The van der Waals surface area contributed by atoms with Crippen LogP contribution in [0.1, 0.15) is 41.0 Å². The highest BCUT2D eigenvalue weighted by Crippen LogP contribution is 2.08. The molecule has 0 saturated carbocycles. The third-order valence-corrected chi connectivity index (χ3v) is 3.98. The van der Waals surface area contributed by atoms with Gasteiger partial charge in [-0.3, -0.25) is 9.69 Å². The van der Waals surface area contributed by atoms with E-state index in [2.05, 4.69) is 42.8 Å². The van der Waals surface area contributed by atoms with Crippen molar-refractivity contribution in [2.45, 2.75) is 59.2 Å². The molecule has 0 bridgehead atoms. The van der Waals surface area contributed by atoms with Crippen LogP contribution in [0.2, 0.25) is 0 Å². The van der Waals surface area contributed by atoms with Crippen LogP contribution in [0.4, 0.5) is 0 Å². The van der Waals surface area contributed by atoms with E-state index in [1.165, 1.54) is 0 Å². The molecule has 1 aliphatic heterocycles. The highest BCUT2D eigenvalue weighted by atomic mass is 16.5. The lowest BCUT2D eigenvalue weighted by Crippen LogP contribution is -2.50. The summed E-state index contributed by atoms with van der Waals surface area (Å²) in [6, 6.07) is 0.729. The topological polar surface area (TPSA) is 44.8 Å².